The predicted molar refractivity (Wildman–Crippen MR) is 142 cm³/mol. The van der Waals surface area contributed by atoms with Gasteiger partial charge in [-0.2, -0.15) is 8.78 Å². The second-order valence-corrected chi connectivity index (χ2v) is 9.48. The van der Waals surface area contributed by atoms with E-state index in [4.69, 9.17) is 35.3 Å². The highest BCUT2D eigenvalue weighted by molar-refractivity contribution is 6.31. The molecule has 1 aliphatic rings. The number of carbonyl (C=O) groups excluding carboxylic acids is 3. The lowest BCUT2D eigenvalue weighted by Crippen LogP contribution is -2.62. The van der Waals surface area contributed by atoms with Crippen LogP contribution in [0, 0.1) is 0 Å². The van der Waals surface area contributed by atoms with Gasteiger partial charge in [-0.3, -0.25) is 0 Å². The second-order valence-electron chi connectivity index (χ2n) is 9.07. The summed E-state index contributed by atoms with van der Waals surface area (Å²) < 4.78 is 107. The fraction of sp³-hybridized carbons (Fsp3) is 0.464. The Kier molecular flexibility index (Phi) is 12.0. The predicted octanol–water partition coefficient (Wildman–Crippen LogP) is 7.12. The number of hydrogen-bond donors (Lipinski definition) is 0. The lowest BCUT2D eigenvalue weighted by Gasteiger charge is -2.44. The van der Waals surface area contributed by atoms with E-state index in [1.54, 1.807) is 0 Å². The van der Waals surface area contributed by atoms with Crippen LogP contribution >= 0.6 is 11.6 Å². The van der Waals surface area contributed by atoms with Crippen LogP contribution in [-0.4, -0.2) is 69.1 Å². The van der Waals surface area contributed by atoms with Crippen molar-refractivity contribution < 1.29 is 74.2 Å². The molecule has 1 saturated heterocycles. The zero-order valence-electron chi connectivity index (χ0n) is 23.9. The molecule has 17 heteroatoms. The van der Waals surface area contributed by atoms with Crippen LogP contribution in [0.15, 0.2) is 42.5 Å². The van der Waals surface area contributed by atoms with Crippen LogP contribution in [0.3, 0.4) is 0 Å². The van der Waals surface area contributed by atoms with E-state index >= 15 is 8.78 Å². The van der Waals surface area contributed by atoms with Crippen molar-refractivity contribution in [1.82, 2.24) is 0 Å². The van der Waals surface area contributed by atoms with E-state index in [9.17, 15) is 27.6 Å². The molecule has 1 fully saturated rings. The van der Waals surface area contributed by atoms with Crippen molar-refractivity contribution in [3.63, 3.8) is 0 Å². The minimum atomic E-state index is -4.89. The van der Waals surface area contributed by atoms with Gasteiger partial charge in [-0.1, -0.05) is 35.9 Å². The minimum Gasteiger partial charge on any atom is -0.435 e. The molecule has 0 aromatic heterocycles. The first-order valence-corrected chi connectivity index (χ1v) is 13.7. The molecule has 4 atom stereocenters. The first-order chi connectivity index (χ1) is 21.2. The normalized spacial score (nSPS) is 20.8. The van der Waals surface area contributed by atoms with E-state index < -0.39 is 61.1 Å². The molecule has 11 nitrogen and oxygen atoms in total. The Morgan fingerprint density at radius 3 is 1.96 bits per heavy atom. The van der Waals surface area contributed by atoms with Crippen molar-refractivity contribution in [3.8, 4) is 5.75 Å². The van der Waals surface area contributed by atoms with Crippen molar-refractivity contribution in [1.29, 1.82) is 0 Å². The maximum atomic E-state index is 15.8. The van der Waals surface area contributed by atoms with Crippen molar-refractivity contribution in [2.75, 3.05) is 19.8 Å². The van der Waals surface area contributed by atoms with Crippen molar-refractivity contribution in [2.24, 2.45) is 0 Å². The highest BCUT2D eigenvalue weighted by atomic mass is 35.5. The van der Waals surface area contributed by atoms with Crippen LogP contribution in [0.4, 0.5) is 36.3 Å². The summed E-state index contributed by atoms with van der Waals surface area (Å²) >= 11 is 6.36. The minimum absolute atomic E-state index is 0.0246. The van der Waals surface area contributed by atoms with Gasteiger partial charge in [-0.25, -0.2) is 14.4 Å². The Morgan fingerprint density at radius 1 is 0.844 bits per heavy atom. The Balaban J connectivity index is 2.04. The Labute approximate surface area is 258 Å². The molecule has 0 spiro atoms. The zero-order valence-corrected chi connectivity index (χ0v) is 24.7. The fourth-order valence-corrected chi connectivity index (χ4v) is 4.34. The molecule has 2 aromatic carbocycles. The van der Waals surface area contributed by atoms with Crippen LogP contribution in [0.1, 0.15) is 43.6 Å². The summed E-state index contributed by atoms with van der Waals surface area (Å²) in [5.41, 5.74) is 0.845. The quantitative estimate of drug-likeness (QED) is 0.146. The molecule has 0 amide bonds. The van der Waals surface area contributed by atoms with Gasteiger partial charge in [-0.15, -0.1) is 13.2 Å². The molecule has 45 heavy (non-hydrogen) atoms. The number of rotatable bonds is 10. The van der Waals surface area contributed by atoms with Crippen LogP contribution < -0.4 is 4.74 Å². The molecule has 0 radical (unpaired) electrons. The third-order valence-corrected chi connectivity index (χ3v) is 6.32. The van der Waals surface area contributed by atoms with Crippen molar-refractivity contribution in [2.45, 2.75) is 64.1 Å². The van der Waals surface area contributed by atoms with E-state index in [2.05, 4.69) is 14.2 Å². The molecule has 0 N–H and O–H groups in total. The van der Waals surface area contributed by atoms with E-state index in [0.717, 1.165) is 12.1 Å². The monoisotopic (exact) mass is 670 g/mol. The molecular weight excluding hydrogens is 643 g/mol. The van der Waals surface area contributed by atoms with E-state index in [1.165, 1.54) is 51.1 Å². The first-order valence-electron chi connectivity index (χ1n) is 13.3. The molecule has 2 aromatic rings. The highest BCUT2D eigenvalue weighted by Crippen LogP contribution is 2.45. The van der Waals surface area contributed by atoms with Crippen molar-refractivity contribution >= 4 is 30.1 Å². The summed E-state index contributed by atoms with van der Waals surface area (Å²) in [6.07, 6.45) is -18.5. The SMILES string of the molecule is CCOC(=O)O[C@@H]1[C@@H](OC(=O)OCC)C(F)(F)[C@@H](OC(=O)OCC)O[C@H]1c1ccc(Cl)c(Cc2ccc(OC(F)(F)F)cc2)c1. The lowest BCUT2D eigenvalue weighted by atomic mass is 9.91. The zero-order chi connectivity index (χ0) is 33.4. The summed E-state index contributed by atoms with van der Waals surface area (Å²) in [5.74, 6) is -4.79. The number of ether oxygens (including phenoxy) is 8. The average Bonchev–Trinajstić information content (AvgIpc) is 2.94. The van der Waals surface area contributed by atoms with Gasteiger partial charge in [0.2, 0.25) is 6.10 Å². The summed E-state index contributed by atoms with van der Waals surface area (Å²) in [7, 11) is 0. The van der Waals surface area contributed by atoms with Crippen LogP contribution in [0.25, 0.3) is 0 Å². The van der Waals surface area contributed by atoms with Gasteiger partial charge in [0.05, 0.1) is 19.8 Å². The third kappa shape index (κ3) is 9.72. The van der Waals surface area contributed by atoms with Gasteiger partial charge in [-0.05, 0) is 62.1 Å². The summed E-state index contributed by atoms with van der Waals surface area (Å²) in [6.45, 7) is 3.51. The molecule has 0 aliphatic carbocycles. The molecule has 0 bridgehead atoms. The molecule has 0 saturated carbocycles. The number of benzene rings is 2. The summed E-state index contributed by atoms with van der Waals surface area (Å²) in [4.78, 5) is 36.6. The van der Waals surface area contributed by atoms with Gasteiger partial charge in [0.1, 0.15) is 11.9 Å². The van der Waals surface area contributed by atoms with Gasteiger partial charge in [0, 0.05) is 5.02 Å². The van der Waals surface area contributed by atoms with Crippen LogP contribution in [0.2, 0.25) is 5.02 Å². The maximum absolute atomic E-state index is 15.8. The van der Waals surface area contributed by atoms with Gasteiger partial charge in [0.15, 0.2) is 6.10 Å². The molecule has 0 unspecified atom stereocenters. The Morgan fingerprint density at radius 2 is 1.40 bits per heavy atom. The number of halogens is 6. The fourth-order valence-electron chi connectivity index (χ4n) is 4.15. The number of hydrogen-bond acceptors (Lipinski definition) is 11. The second kappa shape index (κ2) is 15.3. The molecule has 3 rings (SSSR count). The van der Waals surface area contributed by atoms with E-state index in [0.29, 0.717) is 11.1 Å². The van der Waals surface area contributed by atoms with Crippen LogP contribution in [0.5, 0.6) is 5.75 Å². The average molecular weight is 671 g/mol. The number of alkyl halides is 5. The topological polar surface area (TPSA) is 125 Å². The lowest BCUT2D eigenvalue weighted by molar-refractivity contribution is -0.346. The Hall–Kier alpha value is -4.05. The van der Waals surface area contributed by atoms with Gasteiger partial charge in [0.25, 0.3) is 6.29 Å². The first kappa shape index (κ1) is 35.4. The molecule has 1 heterocycles. The molecular formula is C28H28ClF5O11. The van der Waals surface area contributed by atoms with Gasteiger partial charge < -0.3 is 37.9 Å². The van der Waals surface area contributed by atoms with E-state index in [1.807, 2.05) is 0 Å². The van der Waals surface area contributed by atoms with E-state index in [-0.39, 0.29) is 36.8 Å². The smallest absolute Gasteiger partial charge is 0.435 e. The number of carbonyl (C=O) groups is 3. The highest BCUT2D eigenvalue weighted by Gasteiger charge is 2.65. The summed E-state index contributed by atoms with van der Waals surface area (Å²) in [5, 5.41) is 0.164. The molecule has 1 aliphatic heterocycles. The van der Waals surface area contributed by atoms with Crippen molar-refractivity contribution in [3.05, 3.63) is 64.2 Å². The Bertz CT molecular complexity index is 1320. The van der Waals surface area contributed by atoms with Crippen LogP contribution in [-0.2, 0) is 39.6 Å². The largest absolute Gasteiger partial charge is 0.573 e. The molecule has 248 valence electrons. The van der Waals surface area contributed by atoms with Gasteiger partial charge >= 0.3 is 30.8 Å². The maximum Gasteiger partial charge on any atom is 0.573 e. The standard InChI is InChI=1S/C28H28ClF5O11/c1-4-38-24(35)42-21-20(41-23(44-26(37)40-6-3)27(30,31)22(21)43-25(36)39-5-2)16-9-12-19(29)17(14-16)13-15-7-10-18(11-8-15)45-28(32,33)34/h7-12,14,20-23H,4-6,13H2,1-3H3/t20-,21-,22+,23+/m0/s1. The third-order valence-electron chi connectivity index (χ3n) is 5.96. The summed E-state index contributed by atoms with van der Waals surface area (Å²) in [6, 6.07) is 8.93.